The van der Waals surface area contributed by atoms with E-state index in [2.05, 4.69) is 26.1 Å². The molecule has 82 valence electrons. The van der Waals surface area contributed by atoms with Gasteiger partial charge in [-0.15, -0.1) is 16.2 Å². The molecular formula is C10H7BrN2O2S. The maximum absolute atomic E-state index is 10.5. The zero-order chi connectivity index (χ0) is 11.4. The predicted molar refractivity (Wildman–Crippen MR) is 66.0 cm³/mol. The average molecular weight is 299 g/mol. The summed E-state index contributed by atoms with van der Waals surface area (Å²) in [7, 11) is 0. The molecule has 0 fully saturated rings. The van der Waals surface area contributed by atoms with Crippen LogP contribution in [0.3, 0.4) is 0 Å². The van der Waals surface area contributed by atoms with Crippen LogP contribution in [-0.4, -0.2) is 4.98 Å². The first kappa shape index (κ1) is 11.2. The van der Waals surface area contributed by atoms with Crippen molar-refractivity contribution in [2.75, 3.05) is 0 Å². The molecule has 0 N–H and O–H groups in total. The van der Waals surface area contributed by atoms with Gasteiger partial charge in [-0.2, -0.15) is 0 Å². The maximum Gasteiger partial charge on any atom is 0.140 e. The second-order valence-corrected chi connectivity index (χ2v) is 4.75. The number of thiazole rings is 1. The van der Waals surface area contributed by atoms with Crippen LogP contribution >= 0.6 is 27.3 Å². The fraction of sp³-hybridized carbons (Fsp3) is 0.100. The Morgan fingerprint density at radius 1 is 1.50 bits per heavy atom. The number of benzene rings is 1. The highest BCUT2D eigenvalue weighted by molar-refractivity contribution is 9.10. The van der Waals surface area contributed by atoms with Crippen molar-refractivity contribution >= 4 is 33.0 Å². The van der Waals surface area contributed by atoms with Crippen molar-refractivity contribution in [2.24, 2.45) is 5.18 Å². The van der Waals surface area contributed by atoms with Crippen molar-refractivity contribution in [3.63, 3.8) is 0 Å². The lowest BCUT2D eigenvalue weighted by molar-refractivity contribution is 0.305. The van der Waals surface area contributed by atoms with Crippen molar-refractivity contribution in [1.82, 2.24) is 4.98 Å². The van der Waals surface area contributed by atoms with Crippen molar-refractivity contribution in [2.45, 2.75) is 6.61 Å². The van der Waals surface area contributed by atoms with Crippen LogP contribution < -0.4 is 4.74 Å². The summed E-state index contributed by atoms with van der Waals surface area (Å²) in [6.45, 7) is 0.400. The number of nitrogens with zero attached hydrogens (tertiary/aromatic N) is 2. The Balaban J connectivity index is 2.07. The quantitative estimate of drug-likeness (QED) is 0.805. The molecule has 0 unspecified atom stereocenters. The molecule has 1 aromatic carbocycles. The summed E-state index contributed by atoms with van der Waals surface area (Å²) >= 11 is 4.75. The zero-order valence-corrected chi connectivity index (χ0v) is 10.5. The van der Waals surface area contributed by atoms with Gasteiger partial charge in [-0.3, -0.25) is 0 Å². The number of ether oxygens (including phenoxy) is 1. The summed E-state index contributed by atoms with van der Waals surface area (Å²) in [5.41, 5.74) is 0.330. The van der Waals surface area contributed by atoms with Crippen LogP contribution in [-0.2, 0) is 6.61 Å². The molecule has 0 radical (unpaired) electrons. The highest BCUT2D eigenvalue weighted by Crippen LogP contribution is 2.29. The first-order chi connectivity index (χ1) is 7.79. The number of halogens is 1. The molecule has 0 aliphatic rings. The monoisotopic (exact) mass is 298 g/mol. The molecule has 0 atom stereocenters. The number of aromatic nitrogens is 1. The standard InChI is InChI=1S/C10H7BrN2O2S/c11-8-2-1-7(5-9(8)13-14)15-6-10-12-3-4-16-10/h1-5H,6H2. The molecule has 0 bridgehead atoms. The van der Waals surface area contributed by atoms with E-state index >= 15 is 0 Å². The summed E-state index contributed by atoms with van der Waals surface area (Å²) in [5.74, 6) is 0.605. The Morgan fingerprint density at radius 2 is 2.38 bits per heavy atom. The average Bonchev–Trinajstić information content (AvgIpc) is 2.81. The van der Waals surface area contributed by atoms with E-state index in [9.17, 15) is 4.91 Å². The molecular weight excluding hydrogens is 292 g/mol. The fourth-order valence-corrected chi connectivity index (χ4v) is 1.97. The molecule has 0 saturated carbocycles. The van der Waals surface area contributed by atoms with Crippen LogP contribution in [0.2, 0.25) is 0 Å². The molecule has 1 heterocycles. The lowest BCUT2D eigenvalue weighted by Crippen LogP contribution is -1.94. The van der Waals surface area contributed by atoms with Gasteiger partial charge in [-0.1, -0.05) is 0 Å². The van der Waals surface area contributed by atoms with Crippen molar-refractivity contribution < 1.29 is 4.74 Å². The summed E-state index contributed by atoms with van der Waals surface area (Å²) in [5, 5.41) is 5.67. The highest BCUT2D eigenvalue weighted by atomic mass is 79.9. The lowest BCUT2D eigenvalue weighted by Gasteiger charge is -2.04. The van der Waals surface area contributed by atoms with Crippen molar-refractivity contribution in [1.29, 1.82) is 0 Å². The van der Waals surface area contributed by atoms with Crippen LogP contribution in [0, 0.1) is 4.91 Å². The molecule has 0 aliphatic carbocycles. The van der Waals surface area contributed by atoms with Gasteiger partial charge >= 0.3 is 0 Å². The lowest BCUT2D eigenvalue weighted by atomic mass is 10.3. The minimum atomic E-state index is 0.330. The largest absolute Gasteiger partial charge is 0.486 e. The SMILES string of the molecule is O=Nc1cc(OCc2nccs2)ccc1Br. The third kappa shape index (κ3) is 2.65. The molecule has 0 aliphatic heterocycles. The number of hydrogen-bond donors (Lipinski definition) is 0. The van der Waals surface area contributed by atoms with E-state index in [0.717, 1.165) is 5.01 Å². The first-order valence-corrected chi connectivity index (χ1v) is 6.11. The van der Waals surface area contributed by atoms with Gasteiger partial charge in [-0.05, 0) is 33.2 Å². The van der Waals surface area contributed by atoms with E-state index < -0.39 is 0 Å². The Morgan fingerprint density at radius 3 is 3.06 bits per heavy atom. The molecule has 0 saturated heterocycles. The summed E-state index contributed by atoms with van der Waals surface area (Å²) in [6, 6.07) is 5.09. The van der Waals surface area contributed by atoms with E-state index in [0.29, 0.717) is 22.5 Å². The van der Waals surface area contributed by atoms with E-state index in [1.807, 2.05) is 5.38 Å². The maximum atomic E-state index is 10.5. The smallest absolute Gasteiger partial charge is 0.140 e. The molecule has 16 heavy (non-hydrogen) atoms. The van der Waals surface area contributed by atoms with E-state index in [1.165, 1.54) is 11.3 Å². The molecule has 6 heteroatoms. The van der Waals surface area contributed by atoms with Gasteiger partial charge in [0, 0.05) is 22.1 Å². The van der Waals surface area contributed by atoms with Gasteiger partial charge in [0.15, 0.2) is 0 Å². The van der Waals surface area contributed by atoms with E-state index in [1.54, 1.807) is 24.4 Å². The minimum absolute atomic E-state index is 0.330. The van der Waals surface area contributed by atoms with E-state index in [4.69, 9.17) is 4.74 Å². The number of rotatable bonds is 4. The molecule has 0 amide bonds. The van der Waals surface area contributed by atoms with Crippen molar-refractivity contribution in [3.8, 4) is 5.75 Å². The third-order valence-corrected chi connectivity index (χ3v) is 3.29. The van der Waals surface area contributed by atoms with Crippen LogP contribution in [0.25, 0.3) is 0 Å². The van der Waals surface area contributed by atoms with Gasteiger partial charge in [0.2, 0.25) is 0 Å². The van der Waals surface area contributed by atoms with Gasteiger partial charge in [0.05, 0.1) is 0 Å². The normalized spacial score (nSPS) is 10.1. The third-order valence-electron chi connectivity index (χ3n) is 1.86. The number of hydrogen-bond acceptors (Lipinski definition) is 5. The van der Waals surface area contributed by atoms with Crippen LogP contribution in [0.5, 0.6) is 5.75 Å². The molecule has 1 aromatic heterocycles. The second-order valence-electron chi connectivity index (χ2n) is 2.92. The van der Waals surface area contributed by atoms with Crippen molar-refractivity contribution in [3.05, 3.63) is 44.2 Å². The Bertz CT molecular complexity index is 488. The summed E-state index contributed by atoms with van der Waals surface area (Å²) in [4.78, 5) is 14.6. The summed E-state index contributed by atoms with van der Waals surface area (Å²) < 4.78 is 6.13. The topological polar surface area (TPSA) is 51.5 Å². The van der Waals surface area contributed by atoms with Gasteiger partial charge in [-0.25, -0.2) is 4.98 Å². The Labute approximate surface area is 104 Å². The first-order valence-electron chi connectivity index (χ1n) is 4.43. The van der Waals surface area contributed by atoms with Gasteiger partial charge < -0.3 is 4.74 Å². The van der Waals surface area contributed by atoms with Crippen LogP contribution in [0.1, 0.15) is 5.01 Å². The number of nitroso groups, excluding NO2 is 1. The molecule has 4 nitrogen and oxygen atoms in total. The Kier molecular flexibility index (Phi) is 3.63. The minimum Gasteiger partial charge on any atom is -0.486 e. The molecule has 0 spiro atoms. The van der Waals surface area contributed by atoms with Crippen LogP contribution in [0.4, 0.5) is 5.69 Å². The van der Waals surface area contributed by atoms with Crippen LogP contribution in [0.15, 0.2) is 39.4 Å². The zero-order valence-electron chi connectivity index (χ0n) is 8.09. The predicted octanol–water partition coefficient (Wildman–Crippen LogP) is 3.88. The highest BCUT2D eigenvalue weighted by Gasteiger charge is 2.03. The molecule has 2 rings (SSSR count). The molecule has 2 aromatic rings. The fourth-order valence-electron chi connectivity index (χ4n) is 1.12. The van der Waals surface area contributed by atoms with E-state index in [-0.39, 0.29) is 0 Å². The Hall–Kier alpha value is -1.27. The second kappa shape index (κ2) is 5.18. The summed E-state index contributed by atoms with van der Waals surface area (Å²) in [6.07, 6.45) is 1.73. The van der Waals surface area contributed by atoms with Gasteiger partial charge in [0.1, 0.15) is 23.1 Å². The van der Waals surface area contributed by atoms with Gasteiger partial charge in [0.25, 0.3) is 0 Å².